The largest absolute Gasteiger partial charge is 0.505 e. The van der Waals surface area contributed by atoms with Crippen molar-refractivity contribution in [2.75, 3.05) is 0 Å². The van der Waals surface area contributed by atoms with Crippen LogP contribution in [0, 0.1) is 5.82 Å². The molecule has 0 aliphatic carbocycles. The summed E-state index contributed by atoms with van der Waals surface area (Å²) in [6.45, 7) is 0. The van der Waals surface area contributed by atoms with Gasteiger partial charge in [0.05, 0.1) is 10.7 Å². The molecule has 4 heteroatoms. The molecule has 0 bridgehead atoms. The summed E-state index contributed by atoms with van der Waals surface area (Å²) in [7, 11) is 0. The Morgan fingerprint density at radius 1 is 1.29 bits per heavy atom. The minimum absolute atomic E-state index is 0.364. The van der Waals surface area contributed by atoms with Gasteiger partial charge in [0, 0.05) is 5.56 Å². The van der Waals surface area contributed by atoms with Crippen LogP contribution in [0.25, 0.3) is 11.3 Å². The Hall–Kier alpha value is -1.29. The third-order valence-electron chi connectivity index (χ3n) is 1.83. The van der Waals surface area contributed by atoms with E-state index in [0.717, 1.165) is 4.47 Å². The van der Waals surface area contributed by atoms with Gasteiger partial charge in [-0.25, -0.2) is 4.39 Å². The molecule has 2 rings (SSSR count). The van der Waals surface area contributed by atoms with E-state index >= 15 is 0 Å². The molecule has 1 heterocycles. The van der Waals surface area contributed by atoms with Gasteiger partial charge < -0.3 is 9.52 Å². The van der Waals surface area contributed by atoms with Crippen LogP contribution in [0.2, 0.25) is 0 Å². The predicted molar refractivity (Wildman–Crippen MR) is 53.5 cm³/mol. The van der Waals surface area contributed by atoms with Gasteiger partial charge in [-0.05, 0) is 40.2 Å². The van der Waals surface area contributed by atoms with Crippen LogP contribution < -0.4 is 0 Å². The molecule has 0 saturated carbocycles. The second-order valence-corrected chi connectivity index (χ2v) is 3.62. The number of hydrogen-bond donors (Lipinski definition) is 1. The van der Waals surface area contributed by atoms with E-state index in [1.54, 1.807) is 12.1 Å². The van der Waals surface area contributed by atoms with E-state index in [4.69, 9.17) is 9.52 Å². The first-order chi connectivity index (χ1) is 6.68. The molecule has 1 aromatic carbocycles. The summed E-state index contributed by atoms with van der Waals surface area (Å²) in [5.41, 5.74) is 0.581. The van der Waals surface area contributed by atoms with Crippen LogP contribution in [0.4, 0.5) is 4.39 Å². The van der Waals surface area contributed by atoms with Crippen molar-refractivity contribution in [2.45, 2.75) is 0 Å². The summed E-state index contributed by atoms with van der Waals surface area (Å²) in [4.78, 5) is 0. The van der Waals surface area contributed by atoms with Crippen molar-refractivity contribution >= 4 is 15.9 Å². The minimum Gasteiger partial charge on any atom is -0.505 e. The highest BCUT2D eigenvalue weighted by molar-refractivity contribution is 9.10. The average molecular weight is 257 g/mol. The van der Waals surface area contributed by atoms with Gasteiger partial charge in [0.25, 0.3) is 0 Å². The van der Waals surface area contributed by atoms with E-state index in [-0.39, 0.29) is 5.75 Å². The number of phenols is 1. The molecule has 0 spiro atoms. The van der Waals surface area contributed by atoms with Crippen LogP contribution in [-0.2, 0) is 0 Å². The van der Waals surface area contributed by atoms with E-state index in [9.17, 15) is 4.39 Å². The molecule has 14 heavy (non-hydrogen) atoms. The molecule has 0 radical (unpaired) electrons. The van der Waals surface area contributed by atoms with Crippen molar-refractivity contribution in [2.24, 2.45) is 0 Å². The van der Waals surface area contributed by atoms with Gasteiger partial charge in [0.2, 0.25) is 0 Å². The van der Waals surface area contributed by atoms with Gasteiger partial charge >= 0.3 is 0 Å². The van der Waals surface area contributed by atoms with Crippen LogP contribution in [0.3, 0.4) is 0 Å². The van der Waals surface area contributed by atoms with Gasteiger partial charge in [0.15, 0.2) is 11.6 Å². The molecule has 0 aliphatic rings. The first-order valence-electron chi connectivity index (χ1n) is 3.90. The maximum absolute atomic E-state index is 13.0. The Kier molecular flexibility index (Phi) is 2.29. The fourth-order valence-electron chi connectivity index (χ4n) is 1.15. The van der Waals surface area contributed by atoms with Crippen LogP contribution in [0.1, 0.15) is 0 Å². The first-order valence-corrected chi connectivity index (χ1v) is 4.69. The Balaban J connectivity index is 2.53. The molecule has 1 aromatic heterocycles. The molecule has 72 valence electrons. The monoisotopic (exact) mass is 256 g/mol. The zero-order valence-electron chi connectivity index (χ0n) is 7.00. The van der Waals surface area contributed by atoms with Crippen LogP contribution in [0.5, 0.6) is 5.75 Å². The zero-order chi connectivity index (χ0) is 10.1. The molecule has 2 nitrogen and oxygen atoms in total. The highest BCUT2D eigenvalue weighted by Gasteiger charge is 2.09. The standard InChI is InChI=1S/C10H6BrFO2/c11-7-3-4-14-10(7)6-1-2-9(13)8(12)5-6/h1-5,13H. The normalized spacial score (nSPS) is 10.4. The zero-order valence-corrected chi connectivity index (χ0v) is 8.58. The van der Waals surface area contributed by atoms with E-state index in [1.165, 1.54) is 18.4 Å². The van der Waals surface area contributed by atoms with Crippen molar-refractivity contribution in [1.29, 1.82) is 0 Å². The Morgan fingerprint density at radius 2 is 2.07 bits per heavy atom. The molecular weight excluding hydrogens is 251 g/mol. The maximum atomic E-state index is 13.0. The molecule has 2 aromatic rings. The van der Waals surface area contributed by atoms with Gasteiger partial charge in [-0.1, -0.05) is 0 Å². The second-order valence-electron chi connectivity index (χ2n) is 2.76. The van der Waals surface area contributed by atoms with Gasteiger partial charge in [0.1, 0.15) is 5.76 Å². The quantitative estimate of drug-likeness (QED) is 0.847. The summed E-state index contributed by atoms with van der Waals surface area (Å²) in [6.07, 6.45) is 1.50. The molecule has 0 saturated heterocycles. The number of hydrogen-bond acceptors (Lipinski definition) is 2. The lowest BCUT2D eigenvalue weighted by Crippen LogP contribution is -1.79. The minimum atomic E-state index is -0.661. The first kappa shape index (κ1) is 9.27. The van der Waals surface area contributed by atoms with E-state index < -0.39 is 5.82 Å². The topological polar surface area (TPSA) is 33.4 Å². The van der Waals surface area contributed by atoms with Crippen molar-refractivity contribution in [3.05, 3.63) is 40.8 Å². The lowest BCUT2D eigenvalue weighted by Gasteiger charge is -1.99. The molecular formula is C10H6BrFO2. The second kappa shape index (κ2) is 3.46. The number of furan rings is 1. The van der Waals surface area contributed by atoms with E-state index in [0.29, 0.717) is 11.3 Å². The molecule has 0 atom stereocenters. The summed E-state index contributed by atoms with van der Waals surface area (Å²) in [5, 5.41) is 8.99. The number of aromatic hydroxyl groups is 1. The average Bonchev–Trinajstić information content (AvgIpc) is 2.57. The summed E-state index contributed by atoms with van der Waals surface area (Å²) in [6, 6.07) is 5.82. The molecule has 0 fully saturated rings. The summed E-state index contributed by atoms with van der Waals surface area (Å²) in [5.74, 6) is -0.480. The highest BCUT2D eigenvalue weighted by atomic mass is 79.9. The SMILES string of the molecule is Oc1ccc(-c2occc2Br)cc1F. The Labute approximate surface area is 88.1 Å². The van der Waals surface area contributed by atoms with Crippen LogP contribution >= 0.6 is 15.9 Å². The Bertz CT molecular complexity index is 465. The maximum Gasteiger partial charge on any atom is 0.165 e. The van der Waals surface area contributed by atoms with Gasteiger partial charge in [-0.2, -0.15) is 0 Å². The molecule has 1 N–H and O–H groups in total. The van der Waals surface area contributed by atoms with Crippen LogP contribution in [-0.4, -0.2) is 5.11 Å². The van der Waals surface area contributed by atoms with Gasteiger partial charge in [-0.15, -0.1) is 0 Å². The molecule has 0 aliphatic heterocycles. The van der Waals surface area contributed by atoms with Crippen molar-refractivity contribution in [3.63, 3.8) is 0 Å². The number of benzene rings is 1. The fraction of sp³-hybridized carbons (Fsp3) is 0. The van der Waals surface area contributed by atoms with Crippen molar-refractivity contribution < 1.29 is 13.9 Å². The van der Waals surface area contributed by atoms with Crippen molar-refractivity contribution in [3.8, 4) is 17.1 Å². The third kappa shape index (κ3) is 1.53. The third-order valence-corrected chi connectivity index (χ3v) is 2.45. The summed E-state index contributed by atoms with van der Waals surface area (Å²) >= 11 is 3.27. The molecule has 0 unspecified atom stereocenters. The lowest BCUT2D eigenvalue weighted by molar-refractivity contribution is 0.432. The predicted octanol–water partition coefficient (Wildman–Crippen LogP) is 3.55. The van der Waals surface area contributed by atoms with Gasteiger partial charge in [-0.3, -0.25) is 0 Å². The van der Waals surface area contributed by atoms with E-state index in [1.807, 2.05) is 0 Å². The molecule has 0 amide bonds. The van der Waals surface area contributed by atoms with Crippen molar-refractivity contribution in [1.82, 2.24) is 0 Å². The van der Waals surface area contributed by atoms with E-state index in [2.05, 4.69) is 15.9 Å². The highest BCUT2D eigenvalue weighted by Crippen LogP contribution is 2.31. The number of halogens is 2. The number of phenolic OH excluding ortho intramolecular Hbond substituents is 1. The Morgan fingerprint density at radius 3 is 2.64 bits per heavy atom. The van der Waals surface area contributed by atoms with Crippen LogP contribution in [0.15, 0.2) is 39.4 Å². The lowest BCUT2D eigenvalue weighted by atomic mass is 10.1. The fourth-order valence-corrected chi connectivity index (χ4v) is 1.58. The summed E-state index contributed by atoms with van der Waals surface area (Å²) < 4.78 is 18.9. The smallest absolute Gasteiger partial charge is 0.165 e. The number of rotatable bonds is 1.